The highest BCUT2D eigenvalue weighted by Gasteiger charge is 2.31. The van der Waals surface area contributed by atoms with Gasteiger partial charge in [0.2, 0.25) is 0 Å². The molecule has 0 unspecified atom stereocenters. The average molecular weight is 999 g/mol. The summed E-state index contributed by atoms with van der Waals surface area (Å²) in [6.07, 6.45) is -3.02. The SMILES string of the molecule is CCOC(=O)CC1=C(CC(=O)OCC)c2cc3[nH]c(cc4[nH]c(cc5nc(cc1n2)C(CC(=O)OCC)=C5CC(=O)OCC)c(CC(=O)OCC)c4CC(=O)OCC)c(CC(=O)OCC)c3CC(=O)OCC. The fourth-order valence-electron chi connectivity index (χ4n) is 8.36. The van der Waals surface area contributed by atoms with E-state index in [0.717, 1.165) is 0 Å². The molecule has 0 spiro atoms. The van der Waals surface area contributed by atoms with E-state index in [4.69, 9.17) is 47.9 Å². The van der Waals surface area contributed by atoms with Crippen LogP contribution in [0.2, 0.25) is 0 Å². The van der Waals surface area contributed by atoms with Gasteiger partial charge >= 0.3 is 47.8 Å². The molecule has 2 N–H and O–H groups in total. The van der Waals surface area contributed by atoms with E-state index in [1.807, 2.05) is 0 Å². The van der Waals surface area contributed by atoms with Crippen LogP contribution in [0.25, 0.3) is 44.4 Å². The van der Waals surface area contributed by atoms with E-state index >= 15 is 0 Å². The largest absolute Gasteiger partial charge is 0.466 e. The van der Waals surface area contributed by atoms with E-state index in [2.05, 4.69) is 9.97 Å². The predicted molar refractivity (Wildman–Crippen MR) is 261 cm³/mol. The summed E-state index contributed by atoms with van der Waals surface area (Å²) < 4.78 is 43.2. The van der Waals surface area contributed by atoms with E-state index in [-0.39, 0.29) is 159 Å². The fourth-order valence-corrected chi connectivity index (χ4v) is 8.36. The maximum atomic E-state index is 13.5. The van der Waals surface area contributed by atoms with Gasteiger partial charge in [0.1, 0.15) is 0 Å². The van der Waals surface area contributed by atoms with Gasteiger partial charge in [-0.05, 0) is 124 Å². The Hall–Kier alpha value is -7.64. The van der Waals surface area contributed by atoms with Crippen LogP contribution in [-0.4, -0.2) is 121 Å². The van der Waals surface area contributed by atoms with Gasteiger partial charge in [-0.15, -0.1) is 0 Å². The normalized spacial score (nSPS) is 12.0. The molecule has 0 radical (unpaired) electrons. The van der Waals surface area contributed by atoms with Crippen molar-refractivity contribution in [1.82, 2.24) is 19.9 Å². The van der Waals surface area contributed by atoms with Crippen LogP contribution in [0.1, 0.15) is 126 Å². The lowest BCUT2D eigenvalue weighted by Crippen LogP contribution is -2.12. The molecule has 0 aliphatic carbocycles. The highest BCUT2D eigenvalue weighted by molar-refractivity contribution is 6.06. The van der Waals surface area contributed by atoms with Gasteiger partial charge in [-0.1, -0.05) is 0 Å². The quantitative estimate of drug-likeness (QED) is 0.0729. The molecule has 2 aliphatic heterocycles. The zero-order chi connectivity index (χ0) is 52.5. The number of carbonyl (C=O) groups is 8. The number of H-pyrrole nitrogens is 2. The van der Waals surface area contributed by atoms with Crippen molar-refractivity contribution in [3.63, 3.8) is 0 Å². The summed E-state index contributed by atoms with van der Waals surface area (Å²) in [5, 5.41) is 0. The van der Waals surface area contributed by atoms with Crippen molar-refractivity contribution < 1.29 is 76.3 Å². The Morgan fingerprint density at radius 3 is 0.722 bits per heavy atom. The minimum absolute atomic E-state index is 0.0327. The highest BCUT2D eigenvalue weighted by atomic mass is 16.6. The van der Waals surface area contributed by atoms with Crippen LogP contribution in [-0.2, 0) is 102 Å². The summed E-state index contributed by atoms with van der Waals surface area (Å²) in [4.78, 5) is 125. The molecule has 2 aliphatic rings. The molecular formula is C52H62N4O16. The Labute approximate surface area is 416 Å². The van der Waals surface area contributed by atoms with Crippen LogP contribution in [0.4, 0.5) is 0 Å². The Morgan fingerprint density at radius 1 is 0.306 bits per heavy atom. The topological polar surface area (TPSA) is 268 Å². The lowest BCUT2D eigenvalue weighted by atomic mass is 9.96. The molecule has 20 heteroatoms. The van der Waals surface area contributed by atoms with Gasteiger partial charge in [-0.2, -0.15) is 0 Å². The van der Waals surface area contributed by atoms with Gasteiger partial charge in [0.15, 0.2) is 0 Å². The van der Waals surface area contributed by atoms with Crippen molar-refractivity contribution in [3.8, 4) is 0 Å². The Kier molecular flexibility index (Phi) is 20.4. The molecule has 0 saturated heterocycles. The molecule has 0 atom stereocenters. The number of aromatic amines is 2. The Bertz CT molecular complexity index is 2630. The van der Waals surface area contributed by atoms with Crippen molar-refractivity contribution in [2.24, 2.45) is 0 Å². The van der Waals surface area contributed by atoms with Crippen LogP contribution in [0.15, 0.2) is 24.3 Å². The van der Waals surface area contributed by atoms with Gasteiger partial charge in [-0.25, -0.2) is 9.97 Å². The molecule has 8 bridgehead atoms. The van der Waals surface area contributed by atoms with Gasteiger partial charge < -0.3 is 47.9 Å². The lowest BCUT2D eigenvalue weighted by Gasteiger charge is -2.10. The third-order valence-corrected chi connectivity index (χ3v) is 11.2. The molecule has 0 aromatic carbocycles. The van der Waals surface area contributed by atoms with Crippen LogP contribution < -0.4 is 0 Å². The van der Waals surface area contributed by atoms with Gasteiger partial charge in [0, 0.05) is 22.1 Å². The predicted octanol–water partition coefficient (Wildman–Crippen LogP) is 6.37. The number of hydrogen-bond donors (Lipinski definition) is 2. The first-order valence-electron chi connectivity index (χ1n) is 24.1. The fraction of sp³-hybridized carbons (Fsp3) is 0.462. The van der Waals surface area contributed by atoms with Crippen LogP contribution in [0, 0.1) is 0 Å². The second kappa shape index (κ2) is 26.5. The summed E-state index contributed by atoms with van der Waals surface area (Å²) in [7, 11) is 0. The second-order valence-electron chi connectivity index (χ2n) is 15.9. The molecule has 5 rings (SSSR count). The van der Waals surface area contributed by atoms with Crippen LogP contribution in [0.5, 0.6) is 0 Å². The van der Waals surface area contributed by atoms with E-state index in [1.54, 1.807) is 73.6 Å². The minimum Gasteiger partial charge on any atom is -0.466 e. The van der Waals surface area contributed by atoms with E-state index < -0.39 is 60.6 Å². The lowest BCUT2D eigenvalue weighted by molar-refractivity contribution is -0.143. The number of ether oxygens (including phenoxy) is 8. The highest BCUT2D eigenvalue weighted by Crippen LogP contribution is 2.40. The number of aromatic nitrogens is 4. The molecule has 0 fully saturated rings. The van der Waals surface area contributed by atoms with Crippen molar-refractivity contribution in [2.45, 2.75) is 107 Å². The van der Waals surface area contributed by atoms with Crippen molar-refractivity contribution >= 4 is 92.1 Å². The number of hydrogen-bond acceptors (Lipinski definition) is 18. The number of esters is 8. The van der Waals surface area contributed by atoms with Crippen molar-refractivity contribution in [1.29, 1.82) is 0 Å². The first kappa shape index (κ1) is 55.3. The van der Waals surface area contributed by atoms with Gasteiger partial charge in [0.05, 0.1) is 127 Å². The molecule has 0 saturated carbocycles. The van der Waals surface area contributed by atoms with Gasteiger partial charge in [-0.3, -0.25) is 38.4 Å². The number of fused-ring (bicyclic) bond motifs is 8. The maximum Gasteiger partial charge on any atom is 0.310 e. The average Bonchev–Trinajstić information content (AvgIpc) is 3.99. The van der Waals surface area contributed by atoms with E-state index in [0.29, 0.717) is 22.3 Å². The third-order valence-electron chi connectivity index (χ3n) is 11.2. The molecule has 5 heterocycles. The molecule has 72 heavy (non-hydrogen) atoms. The van der Waals surface area contributed by atoms with E-state index in [9.17, 15) is 38.4 Å². The summed E-state index contributed by atoms with van der Waals surface area (Å²) in [5.41, 5.74) is 3.66. The van der Waals surface area contributed by atoms with Crippen LogP contribution >= 0.6 is 0 Å². The van der Waals surface area contributed by atoms with Crippen molar-refractivity contribution in [3.05, 3.63) is 69.3 Å². The molecule has 20 nitrogen and oxygen atoms in total. The number of rotatable bonds is 24. The molecular weight excluding hydrogens is 937 g/mol. The Morgan fingerprint density at radius 2 is 0.500 bits per heavy atom. The van der Waals surface area contributed by atoms with Gasteiger partial charge in [0.25, 0.3) is 0 Å². The third kappa shape index (κ3) is 14.3. The molecule has 3 aromatic rings. The summed E-state index contributed by atoms with van der Waals surface area (Å²) in [6, 6.07) is 6.23. The summed E-state index contributed by atoms with van der Waals surface area (Å²) in [6.45, 7) is 13.4. The van der Waals surface area contributed by atoms with Crippen LogP contribution in [0.3, 0.4) is 0 Å². The standard InChI is InChI=1S/C52H62N4O16/c1-9-65-45(57)17-29-30(18-46(58)66-10-2)38-26-40-33(21-49(61)69-13-5)34(22-50(62)70-14-6)42(55-40)28-44-36(24-52(64)72-16-8)35(23-51(63)71-15-7)43(56-44)27-41-32(20-48(60)68-12-4)31(19-47(59)67-11-3)39(54-41)25-37(29)53-38/h25-28,53-54H,9-24H2,1-8H3. The summed E-state index contributed by atoms with van der Waals surface area (Å²) in [5.74, 6) is -5.20. The Balaban J connectivity index is 2.15. The van der Waals surface area contributed by atoms with Crippen molar-refractivity contribution in [2.75, 3.05) is 52.9 Å². The summed E-state index contributed by atoms with van der Waals surface area (Å²) >= 11 is 0. The smallest absolute Gasteiger partial charge is 0.310 e. The molecule has 386 valence electrons. The maximum absolute atomic E-state index is 13.5. The van der Waals surface area contributed by atoms with E-state index in [1.165, 1.54) is 6.07 Å². The minimum atomic E-state index is -0.659. The number of carbonyl (C=O) groups excluding carboxylic acids is 8. The second-order valence-corrected chi connectivity index (χ2v) is 15.9. The first-order chi connectivity index (χ1) is 34.6. The number of nitrogens with zero attached hydrogens (tertiary/aromatic N) is 2. The first-order valence-corrected chi connectivity index (χ1v) is 24.1. The monoisotopic (exact) mass is 998 g/mol. The zero-order valence-electron chi connectivity index (χ0n) is 42.0. The zero-order valence-corrected chi connectivity index (χ0v) is 42.0. The molecule has 0 amide bonds. The molecule has 3 aromatic heterocycles. The number of nitrogens with one attached hydrogen (secondary N) is 2.